The highest BCUT2D eigenvalue weighted by Gasteiger charge is 2.20. The average Bonchev–Trinajstić information content (AvgIpc) is 3.05. The van der Waals surface area contributed by atoms with Crippen LogP contribution in [-0.4, -0.2) is 9.78 Å². The lowest BCUT2D eigenvalue weighted by Gasteiger charge is -2.26. The zero-order valence-electron chi connectivity index (χ0n) is 11.7. The molecule has 22 heavy (non-hydrogen) atoms. The first-order valence-electron chi connectivity index (χ1n) is 7.06. The smallest absolute Gasteiger partial charge is 0.157 e. The van der Waals surface area contributed by atoms with E-state index in [0.717, 1.165) is 22.5 Å². The Morgan fingerprint density at radius 2 is 1.95 bits per heavy atom. The quantitative estimate of drug-likeness (QED) is 0.784. The van der Waals surface area contributed by atoms with Gasteiger partial charge in [-0.15, -0.1) is 0 Å². The topological polar surface area (TPSA) is 39.1 Å². The third kappa shape index (κ3) is 2.35. The summed E-state index contributed by atoms with van der Waals surface area (Å²) in [5.74, 6) is -0.259. The van der Waals surface area contributed by atoms with Crippen LogP contribution in [0.3, 0.4) is 0 Å². The molecule has 0 saturated carbocycles. The van der Waals surface area contributed by atoms with Gasteiger partial charge in [0, 0.05) is 23.0 Å². The first kappa shape index (κ1) is 13.0. The summed E-state index contributed by atoms with van der Waals surface area (Å²) in [6.07, 6.45) is 3.41. The monoisotopic (exact) mass is 295 g/mol. The number of nitrogens with one attached hydrogen (secondary N) is 1. The molecular formula is C17H14FN3O. The van der Waals surface area contributed by atoms with Gasteiger partial charge in [0.2, 0.25) is 0 Å². The maximum atomic E-state index is 13.0. The van der Waals surface area contributed by atoms with Crippen molar-refractivity contribution in [3.05, 3.63) is 77.9 Å². The van der Waals surface area contributed by atoms with Crippen molar-refractivity contribution < 1.29 is 9.13 Å². The van der Waals surface area contributed by atoms with Crippen LogP contribution in [0.2, 0.25) is 0 Å². The lowest BCUT2D eigenvalue weighted by molar-refractivity contribution is 0.0507. The number of fused-ring (bicyclic) bond motifs is 1. The highest BCUT2D eigenvalue weighted by molar-refractivity contribution is 5.53. The minimum Gasteiger partial charge on any atom is -0.356 e. The lowest BCUT2D eigenvalue weighted by atomic mass is 10.1. The number of halogens is 1. The normalized spacial score (nSPS) is 16.9. The average molecular weight is 295 g/mol. The van der Waals surface area contributed by atoms with Crippen molar-refractivity contribution in [2.75, 3.05) is 5.32 Å². The summed E-state index contributed by atoms with van der Waals surface area (Å²) in [7, 11) is 0. The molecule has 1 aliphatic heterocycles. The van der Waals surface area contributed by atoms with Crippen molar-refractivity contribution >= 4 is 5.69 Å². The van der Waals surface area contributed by atoms with E-state index in [1.807, 2.05) is 30.5 Å². The highest BCUT2D eigenvalue weighted by Crippen LogP contribution is 2.30. The standard InChI is InChI=1S/C17H14FN3O/c18-14-5-7-15(8-6-14)21-10-13(9-19-21)17-20-16-4-2-1-3-12(16)11-22-17/h1-10,17,20H,11H2/t17-/m0/s1. The van der Waals surface area contributed by atoms with E-state index in [9.17, 15) is 4.39 Å². The minimum atomic E-state index is -0.259. The Bertz CT molecular complexity index is 798. The van der Waals surface area contributed by atoms with Crippen LogP contribution >= 0.6 is 0 Å². The van der Waals surface area contributed by atoms with Gasteiger partial charge in [0.15, 0.2) is 6.23 Å². The molecule has 0 aliphatic carbocycles. The molecule has 1 aromatic heterocycles. The summed E-state index contributed by atoms with van der Waals surface area (Å²) in [4.78, 5) is 0. The first-order valence-corrected chi connectivity index (χ1v) is 7.06. The van der Waals surface area contributed by atoms with E-state index in [1.54, 1.807) is 23.0 Å². The van der Waals surface area contributed by atoms with E-state index in [2.05, 4.69) is 10.4 Å². The Balaban J connectivity index is 1.59. The minimum absolute atomic E-state index is 0.232. The molecule has 0 radical (unpaired) electrons. The molecule has 110 valence electrons. The molecule has 1 N–H and O–H groups in total. The maximum absolute atomic E-state index is 13.0. The number of rotatable bonds is 2. The third-order valence-electron chi connectivity index (χ3n) is 3.71. The van der Waals surface area contributed by atoms with Crippen LogP contribution in [0, 0.1) is 5.82 Å². The fourth-order valence-corrected chi connectivity index (χ4v) is 2.53. The Labute approximate surface area is 127 Å². The Morgan fingerprint density at radius 3 is 2.82 bits per heavy atom. The van der Waals surface area contributed by atoms with E-state index in [1.165, 1.54) is 12.1 Å². The molecule has 0 unspecified atom stereocenters. The predicted octanol–water partition coefficient (Wildman–Crippen LogP) is 3.65. The van der Waals surface area contributed by atoms with Gasteiger partial charge in [0.05, 0.1) is 18.5 Å². The van der Waals surface area contributed by atoms with Crippen LogP contribution in [0.5, 0.6) is 0 Å². The summed E-state index contributed by atoms with van der Waals surface area (Å²) < 4.78 is 20.5. The number of para-hydroxylation sites is 1. The number of aromatic nitrogens is 2. The molecule has 3 aromatic rings. The molecule has 2 heterocycles. The molecule has 1 atom stereocenters. The van der Waals surface area contributed by atoms with Crippen molar-refractivity contribution in [2.24, 2.45) is 0 Å². The van der Waals surface area contributed by atoms with Crippen LogP contribution < -0.4 is 5.32 Å². The fourth-order valence-electron chi connectivity index (χ4n) is 2.53. The van der Waals surface area contributed by atoms with Crippen LogP contribution in [0.4, 0.5) is 10.1 Å². The molecule has 0 bridgehead atoms. The molecule has 0 fully saturated rings. The summed E-state index contributed by atoms with van der Waals surface area (Å²) in [5, 5.41) is 7.67. The van der Waals surface area contributed by atoms with Gasteiger partial charge in [-0.3, -0.25) is 0 Å². The molecule has 0 spiro atoms. The van der Waals surface area contributed by atoms with E-state index in [0.29, 0.717) is 6.61 Å². The largest absolute Gasteiger partial charge is 0.356 e. The van der Waals surface area contributed by atoms with Crippen molar-refractivity contribution in [2.45, 2.75) is 12.8 Å². The highest BCUT2D eigenvalue weighted by atomic mass is 19.1. The van der Waals surface area contributed by atoms with Gasteiger partial charge < -0.3 is 10.1 Å². The lowest BCUT2D eigenvalue weighted by Crippen LogP contribution is -2.20. The van der Waals surface area contributed by atoms with Gasteiger partial charge in [-0.1, -0.05) is 18.2 Å². The summed E-state index contributed by atoms with van der Waals surface area (Å²) >= 11 is 0. The van der Waals surface area contributed by atoms with Crippen LogP contribution in [0.1, 0.15) is 17.4 Å². The molecule has 0 saturated heterocycles. The van der Waals surface area contributed by atoms with Crippen molar-refractivity contribution in [1.29, 1.82) is 0 Å². The second kappa shape index (κ2) is 5.27. The molecule has 1 aliphatic rings. The van der Waals surface area contributed by atoms with Gasteiger partial charge in [-0.05, 0) is 30.3 Å². The van der Waals surface area contributed by atoms with Gasteiger partial charge in [0.1, 0.15) is 5.82 Å². The third-order valence-corrected chi connectivity index (χ3v) is 3.71. The van der Waals surface area contributed by atoms with Crippen molar-refractivity contribution in [3.63, 3.8) is 0 Å². The summed E-state index contributed by atoms with van der Waals surface area (Å²) in [6.45, 7) is 0.565. The molecule has 0 amide bonds. The molecule has 5 heteroatoms. The van der Waals surface area contributed by atoms with E-state index < -0.39 is 0 Å². The number of ether oxygens (including phenoxy) is 1. The van der Waals surface area contributed by atoms with Gasteiger partial charge in [0.25, 0.3) is 0 Å². The SMILES string of the molecule is Fc1ccc(-n2cc([C@H]3Nc4ccccc4CO3)cn2)cc1. The first-order chi connectivity index (χ1) is 10.8. The molecular weight excluding hydrogens is 281 g/mol. The van der Waals surface area contributed by atoms with Gasteiger partial charge >= 0.3 is 0 Å². The number of hydrogen-bond donors (Lipinski definition) is 1. The van der Waals surface area contributed by atoms with E-state index in [4.69, 9.17) is 4.74 Å². The van der Waals surface area contributed by atoms with Gasteiger partial charge in [-0.25, -0.2) is 9.07 Å². The van der Waals surface area contributed by atoms with Crippen LogP contribution in [0.25, 0.3) is 5.69 Å². The van der Waals surface area contributed by atoms with Gasteiger partial charge in [-0.2, -0.15) is 5.10 Å². The molecule has 2 aromatic carbocycles. The fraction of sp³-hybridized carbons (Fsp3) is 0.118. The Morgan fingerprint density at radius 1 is 1.14 bits per heavy atom. The zero-order valence-corrected chi connectivity index (χ0v) is 11.7. The Kier molecular flexibility index (Phi) is 3.12. The number of benzene rings is 2. The number of anilines is 1. The number of hydrogen-bond acceptors (Lipinski definition) is 3. The predicted molar refractivity (Wildman–Crippen MR) is 81.1 cm³/mol. The van der Waals surface area contributed by atoms with E-state index >= 15 is 0 Å². The van der Waals surface area contributed by atoms with Crippen LogP contribution in [0.15, 0.2) is 60.9 Å². The molecule has 4 rings (SSSR count). The van der Waals surface area contributed by atoms with E-state index in [-0.39, 0.29) is 12.0 Å². The van der Waals surface area contributed by atoms with Crippen LogP contribution in [-0.2, 0) is 11.3 Å². The van der Waals surface area contributed by atoms with Crippen molar-refractivity contribution in [3.8, 4) is 5.69 Å². The zero-order chi connectivity index (χ0) is 14.9. The second-order valence-electron chi connectivity index (χ2n) is 5.19. The van der Waals surface area contributed by atoms with Crippen molar-refractivity contribution in [1.82, 2.24) is 9.78 Å². The molecule has 4 nitrogen and oxygen atoms in total. The second-order valence-corrected chi connectivity index (χ2v) is 5.19. The maximum Gasteiger partial charge on any atom is 0.157 e. The Hall–Kier alpha value is -2.66. The summed E-state index contributed by atoms with van der Waals surface area (Å²) in [6, 6.07) is 14.3. The summed E-state index contributed by atoms with van der Waals surface area (Å²) in [5.41, 5.74) is 3.96. The number of nitrogens with zero attached hydrogens (tertiary/aromatic N) is 2.